The summed E-state index contributed by atoms with van der Waals surface area (Å²) in [6, 6.07) is 3.90. The SMILES string of the molecule is CCNCc1ccc(NCC(C)OC)nn1. The number of nitrogens with one attached hydrogen (secondary N) is 2. The van der Waals surface area contributed by atoms with E-state index in [1.807, 2.05) is 19.1 Å². The highest BCUT2D eigenvalue weighted by molar-refractivity contribution is 5.32. The van der Waals surface area contributed by atoms with E-state index >= 15 is 0 Å². The van der Waals surface area contributed by atoms with Gasteiger partial charge in [0, 0.05) is 20.2 Å². The molecule has 1 atom stereocenters. The van der Waals surface area contributed by atoms with Gasteiger partial charge in [-0.1, -0.05) is 6.92 Å². The summed E-state index contributed by atoms with van der Waals surface area (Å²) in [6.07, 6.45) is 0.170. The van der Waals surface area contributed by atoms with Gasteiger partial charge in [0.1, 0.15) is 5.82 Å². The summed E-state index contributed by atoms with van der Waals surface area (Å²) in [5.74, 6) is 0.782. The lowest BCUT2D eigenvalue weighted by atomic mass is 10.3. The molecule has 16 heavy (non-hydrogen) atoms. The summed E-state index contributed by atoms with van der Waals surface area (Å²) >= 11 is 0. The largest absolute Gasteiger partial charge is 0.380 e. The standard InChI is InChI=1S/C11H20N4O/c1-4-12-8-10-5-6-11(15-14-10)13-7-9(2)16-3/h5-6,9,12H,4,7-8H2,1-3H3,(H,13,15). The second-order valence-electron chi connectivity index (χ2n) is 3.62. The molecule has 0 aliphatic rings. The molecule has 0 radical (unpaired) electrons. The van der Waals surface area contributed by atoms with Crippen LogP contribution in [0.4, 0.5) is 5.82 Å². The van der Waals surface area contributed by atoms with Crippen molar-refractivity contribution in [3.05, 3.63) is 17.8 Å². The van der Waals surface area contributed by atoms with Gasteiger partial charge in [0.05, 0.1) is 11.8 Å². The van der Waals surface area contributed by atoms with Gasteiger partial charge in [0.25, 0.3) is 0 Å². The van der Waals surface area contributed by atoms with Crippen LogP contribution in [-0.2, 0) is 11.3 Å². The van der Waals surface area contributed by atoms with Crippen molar-refractivity contribution in [3.8, 4) is 0 Å². The number of nitrogens with zero attached hydrogens (tertiary/aromatic N) is 2. The lowest BCUT2D eigenvalue weighted by Gasteiger charge is -2.10. The summed E-state index contributed by atoms with van der Waals surface area (Å²) in [4.78, 5) is 0. The van der Waals surface area contributed by atoms with Crippen LogP contribution >= 0.6 is 0 Å². The van der Waals surface area contributed by atoms with Crippen molar-refractivity contribution in [2.75, 3.05) is 25.5 Å². The van der Waals surface area contributed by atoms with E-state index in [0.717, 1.165) is 31.1 Å². The summed E-state index contributed by atoms with van der Waals surface area (Å²) in [7, 11) is 1.69. The molecule has 0 saturated carbocycles. The third-order valence-corrected chi connectivity index (χ3v) is 2.25. The average molecular weight is 224 g/mol. The second-order valence-corrected chi connectivity index (χ2v) is 3.62. The van der Waals surface area contributed by atoms with Gasteiger partial charge in [-0.05, 0) is 25.6 Å². The molecular formula is C11H20N4O. The minimum Gasteiger partial charge on any atom is -0.380 e. The zero-order valence-corrected chi connectivity index (χ0v) is 10.2. The first kappa shape index (κ1) is 12.9. The fourth-order valence-corrected chi connectivity index (χ4v) is 1.13. The Morgan fingerprint density at radius 1 is 1.38 bits per heavy atom. The average Bonchev–Trinajstić information content (AvgIpc) is 2.34. The minimum atomic E-state index is 0.170. The number of methoxy groups -OCH3 is 1. The van der Waals surface area contributed by atoms with Crippen molar-refractivity contribution in [3.63, 3.8) is 0 Å². The quantitative estimate of drug-likeness (QED) is 0.724. The molecule has 0 aliphatic heterocycles. The molecule has 0 saturated heterocycles. The van der Waals surface area contributed by atoms with Crippen molar-refractivity contribution in [2.24, 2.45) is 0 Å². The van der Waals surface area contributed by atoms with Crippen LogP contribution in [0, 0.1) is 0 Å². The smallest absolute Gasteiger partial charge is 0.148 e. The van der Waals surface area contributed by atoms with E-state index in [-0.39, 0.29) is 6.10 Å². The molecule has 0 aromatic carbocycles. The maximum atomic E-state index is 5.13. The van der Waals surface area contributed by atoms with Gasteiger partial charge in [-0.3, -0.25) is 0 Å². The first-order chi connectivity index (χ1) is 7.76. The van der Waals surface area contributed by atoms with E-state index in [2.05, 4.69) is 27.8 Å². The minimum absolute atomic E-state index is 0.170. The van der Waals surface area contributed by atoms with Crippen molar-refractivity contribution in [1.29, 1.82) is 0 Å². The van der Waals surface area contributed by atoms with Crippen LogP contribution in [0.2, 0.25) is 0 Å². The topological polar surface area (TPSA) is 59.1 Å². The highest BCUT2D eigenvalue weighted by atomic mass is 16.5. The molecule has 0 amide bonds. The molecular weight excluding hydrogens is 204 g/mol. The van der Waals surface area contributed by atoms with Gasteiger partial charge >= 0.3 is 0 Å². The molecule has 0 aliphatic carbocycles. The molecule has 0 bridgehead atoms. The lowest BCUT2D eigenvalue weighted by molar-refractivity contribution is 0.128. The Balaban J connectivity index is 2.38. The second kappa shape index (κ2) is 7.14. The van der Waals surface area contributed by atoms with Crippen LogP contribution in [0.1, 0.15) is 19.5 Å². The van der Waals surface area contributed by atoms with Gasteiger partial charge in [-0.2, -0.15) is 5.10 Å². The number of ether oxygens (including phenoxy) is 1. The fourth-order valence-electron chi connectivity index (χ4n) is 1.13. The first-order valence-corrected chi connectivity index (χ1v) is 5.56. The Morgan fingerprint density at radius 2 is 2.19 bits per heavy atom. The Labute approximate surface area is 96.6 Å². The summed E-state index contributed by atoms with van der Waals surface area (Å²) in [5, 5.41) is 14.5. The fraction of sp³-hybridized carbons (Fsp3) is 0.636. The van der Waals surface area contributed by atoms with Gasteiger partial charge in [-0.15, -0.1) is 5.10 Å². The van der Waals surface area contributed by atoms with Crippen molar-refractivity contribution in [1.82, 2.24) is 15.5 Å². The first-order valence-electron chi connectivity index (χ1n) is 5.56. The Kier molecular flexibility index (Phi) is 5.74. The van der Waals surface area contributed by atoms with Crippen LogP contribution < -0.4 is 10.6 Å². The van der Waals surface area contributed by atoms with Crippen LogP contribution in [0.3, 0.4) is 0 Å². The van der Waals surface area contributed by atoms with E-state index < -0.39 is 0 Å². The number of aromatic nitrogens is 2. The van der Waals surface area contributed by atoms with Gasteiger partial charge in [-0.25, -0.2) is 0 Å². The lowest BCUT2D eigenvalue weighted by Crippen LogP contribution is -2.19. The molecule has 0 spiro atoms. The van der Waals surface area contributed by atoms with Crippen molar-refractivity contribution < 1.29 is 4.74 Å². The third kappa shape index (κ3) is 4.55. The zero-order valence-electron chi connectivity index (χ0n) is 10.2. The van der Waals surface area contributed by atoms with Gasteiger partial charge in [0.2, 0.25) is 0 Å². The van der Waals surface area contributed by atoms with E-state index in [1.165, 1.54) is 0 Å². The van der Waals surface area contributed by atoms with Crippen LogP contribution in [0.5, 0.6) is 0 Å². The summed E-state index contributed by atoms with van der Waals surface area (Å²) in [6.45, 7) is 6.50. The molecule has 1 heterocycles. The molecule has 2 N–H and O–H groups in total. The Hall–Kier alpha value is -1.20. The zero-order chi connectivity index (χ0) is 11.8. The predicted octanol–water partition coefficient (Wildman–Crippen LogP) is 1.03. The molecule has 90 valence electrons. The number of rotatable bonds is 7. The maximum Gasteiger partial charge on any atom is 0.148 e. The van der Waals surface area contributed by atoms with E-state index in [4.69, 9.17) is 4.74 Å². The normalized spacial score (nSPS) is 12.4. The van der Waals surface area contributed by atoms with Gasteiger partial charge < -0.3 is 15.4 Å². The molecule has 1 rings (SSSR count). The number of anilines is 1. The molecule has 1 unspecified atom stereocenters. The molecule has 5 heteroatoms. The van der Waals surface area contributed by atoms with Gasteiger partial charge in [0.15, 0.2) is 0 Å². The summed E-state index contributed by atoms with van der Waals surface area (Å²) in [5.41, 5.74) is 0.951. The summed E-state index contributed by atoms with van der Waals surface area (Å²) < 4.78 is 5.13. The van der Waals surface area contributed by atoms with Crippen LogP contribution in [0.15, 0.2) is 12.1 Å². The molecule has 1 aromatic heterocycles. The van der Waals surface area contributed by atoms with E-state index in [0.29, 0.717) is 0 Å². The van der Waals surface area contributed by atoms with Crippen molar-refractivity contribution >= 4 is 5.82 Å². The molecule has 0 fully saturated rings. The van der Waals surface area contributed by atoms with Crippen LogP contribution in [-0.4, -0.2) is 36.5 Å². The molecule has 5 nitrogen and oxygen atoms in total. The highest BCUT2D eigenvalue weighted by Crippen LogP contribution is 2.02. The van der Waals surface area contributed by atoms with E-state index in [9.17, 15) is 0 Å². The van der Waals surface area contributed by atoms with E-state index in [1.54, 1.807) is 7.11 Å². The third-order valence-electron chi connectivity index (χ3n) is 2.25. The Morgan fingerprint density at radius 3 is 2.75 bits per heavy atom. The highest BCUT2D eigenvalue weighted by Gasteiger charge is 2.00. The monoisotopic (exact) mass is 224 g/mol. The van der Waals surface area contributed by atoms with Crippen molar-refractivity contribution in [2.45, 2.75) is 26.5 Å². The Bertz CT molecular complexity index is 289. The van der Waals surface area contributed by atoms with Crippen LogP contribution in [0.25, 0.3) is 0 Å². The maximum absolute atomic E-state index is 5.13. The predicted molar refractivity (Wildman–Crippen MR) is 64.4 cm³/mol. The molecule has 1 aromatic rings. The number of hydrogen-bond acceptors (Lipinski definition) is 5. The number of hydrogen-bond donors (Lipinski definition) is 2.